The van der Waals surface area contributed by atoms with Gasteiger partial charge < -0.3 is 14.8 Å². The van der Waals surface area contributed by atoms with Gasteiger partial charge >= 0.3 is 0 Å². The van der Waals surface area contributed by atoms with E-state index in [-0.39, 0.29) is 5.91 Å². The van der Waals surface area contributed by atoms with Gasteiger partial charge in [0, 0.05) is 17.6 Å². The SMILES string of the molecule is O=C(NCc1ccc2c(c1)OCCO2)c1cccnc1Sc1ccccc1. The molecule has 1 aliphatic rings. The number of carbonyl (C=O) groups excluding carboxylic acids is 1. The van der Waals surface area contributed by atoms with Gasteiger partial charge in [-0.05, 0) is 42.0 Å². The molecule has 6 heteroatoms. The van der Waals surface area contributed by atoms with E-state index in [1.807, 2.05) is 48.5 Å². The molecule has 0 atom stereocenters. The Morgan fingerprint density at radius 2 is 1.81 bits per heavy atom. The molecule has 0 fully saturated rings. The van der Waals surface area contributed by atoms with Gasteiger partial charge in [-0.1, -0.05) is 36.0 Å². The van der Waals surface area contributed by atoms with Gasteiger partial charge in [-0.3, -0.25) is 4.79 Å². The number of ether oxygens (including phenoxy) is 2. The van der Waals surface area contributed by atoms with E-state index >= 15 is 0 Å². The largest absolute Gasteiger partial charge is 0.486 e. The van der Waals surface area contributed by atoms with E-state index < -0.39 is 0 Å². The van der Waals surface area contributed by atoms with Crippen LogP contribution in [-0.4, -0.2) is 24.1 Å². The molecule has 1 amide bonds. The summed E-state index contributed by atoms with van der Waals surface area (Å²) >= 11 is 1.47. The van der Waals surface area contributed by atoms with Gasteiger partial charge in [-0.25, -0.2) is 4.98 Å². The van der Waals surface area contributed by atoms with E-state index in [0.29, 0.717) is 30.3 Å². The Labute approximate surface area is 161 Å². The maximum Gasteiger partial charge on any atom is 0.254 e. The molecular formula is C21H18N2O3S. The van der Waals surface area contributed by atoms with Crippen LogP contribution in [0.25, 0.3) is 0 Å². The van der Waals surface area contributed by atoms with Crippen molar-refractivity contribution in [3.63, 3.8) is 0 Å². The molecule has 4 rings (SSSR count). The van der Waals surface area contributed by atoms with E-state index in [4.69, 9.17) is 9.47 Å². The average Bonchev–Trinajstić information content (AvgIpc) is 2.73. The molecule has 0 radical (unpaired) electrons. The number of nitrogens with zero attached hydrogens (tertiary/aromatic N) is 1. The van der Waals surface area contributed by atoms with E-state index in [1.165, 1.54) is 11.8 Å². The average molecular weight is 378 g/mol. The number of carbonyl (C=O) groups is 1. The van der Waals surface area contributed by atoms with Gasteiger partial charge in [-0.15, -0.1) is 0 Å². The highest BCUT2D eigenvalue weighted by atomic mass is 32.2. The summed E-state index contributed by atoms with van der Waals surface area (Å²) in [5, 5.41) is 3.64. The Bertz CT molecular complexity index is 947. The molecule has 0 saturated carbocycles. The highest BCUT2D eigenvalue weighted by Crippen LogP contribution is 2.31. The Morgan fingerprint density at radius 1 is 1.00 bits per heavy atom. The molecule has 27 heavy (non-hydrogen) atoms. The van der Waals surface area contributed by atoms with Crippen molar-refractivity contribution in [1.82, 2.24) is 10.3 Å². The molecule has 5 nitrogen and oxygen atoms in total. The van der Waals surface area contributed by atoms with Crippen molar-refractivity contribution in [3.8, 4) is 11.5 Å². The van der Waals surface area contributed by atoms with E-state index in [9.17, 15) is 4.79 Å². The molecule has 0 aliphatic carbocycles. The van der Waals surface area contributed by atoms with Gasteiger partial charge in [0.2, 0.25) is 0 Å². The van der Waals surface area contributed by atoms with Crippen LogP contribution < -0.4 is 14.8 Å². The molecule has 1 N–H and O–H groups in total. The second-order valence-corrected chi connectivity index (χ2v) is 6.99. The molecule has 1 aliphatic heterocycles. The molecule has 1 aromatic heterocycles. The summed E-state index contributed by atoms with van der Waals surface area (Å²) in [6.45, 7) is 1.50. The molecule has 2 heterocycles. The minimum Gasteiger partial charge on any atom is -0.486 e. The van der Waals surface area contributed by atoms with Gasteiger partial charge in [0.15, 0.2) is 11.5 Å². The molecule has 3 aromatic rings. The monoisotopic (exact) mass is 378 g/mol. The first-order valence-corrected chi connectivity index (χ1v) is 9.46. The topological polar surface area (TPSA) is 60.5 Å². The Balaban J connectivity index is 1.46. The zero-order chi connectivity index (χ0) is 18.5. The van der Waals surface area contributed by atoms with Gasteiger partial charge in [0.25, 0.3) is 5.91 Å². The van der Waals surface area contributed by atoms with Crippen molar-refractivity contribution in [2.75, 3.05) is 13.2 Å². The first-order valence-electron chi connectivity index (χ1n) is 8.64. The van der Waals surface area contributed by atoms with Crippen LogP contribution in [-0.2, 0) is 6.54 Å². The number of hydrogen-bond donors (Lipinski definition) is 1. The predicted octanol–water partition coefficient (Wildman–Crippen LogP) is 3.93. The summed E-state index contributed by atoms with van der Waals surface area (Å²) in [6.07, 6.45) is 1.70. The van der Waals surface area contributed by atoms with Gasteiger partial charge in [-0.2, -0.15) is 0 Å². The summed E-state index contributed by atoms with van der Waals surface area (Å²) in [4.78, 5) is 18.1. The first-order chi connectivity index (χ1) is 13.3. The third-order valence-electron chi connectivity index (χ3n) is 4.03. The summed E-state index contributed by atoms with van der Waals surface area (Å²) < 4.78 is 11.1. The summed E-state index contributed by atoms with van der Waals surface area (Å²) in [6, 6.07) is 19.1. The molecule has 0 spiro atoms. The lowest BCUT2D eigenvalue weighted by molar-refractivity contribution is 0.0947. The van der Waals surface area contributed by atoms with Crippen molar-refractivity contribution >= 4 is 17.7 Å². The summed E-state index contributed by atoms with van der Waals surface area (Å²) in [5.74, 6) is 1.30. The number of aromatic nitrogens is 1. The van der Waals surface area contributed by atoms with Crippen molar-refractivity contribution in [2.24, 2.45) is 0 Å². The number of hydrogen-bond acceptors (Lipinski definition) is 5. The fourth-order valence-corrected chi connectivity index (χ4v) is 3.62. The van der Waals surface area contributed by atoms with E-state index in [0.717, 1.165) is 22.0 Å². The minimum atomic E-state index is -0.156. The lowest BCUT2D eigenvalue weighted by Gasteiger charge is -2.19. The lowest BCUT2D eigenvalue weighted by atomic mass is 10.2. The van der Waals surface area contributed by atoms with E-state index in [1.54, 1.807) is 18.3 Å². The van der Waals surface area contributed by atoms with Gasteiger partial charge in [0.05, 0.1) is 5.56 Å². The van der Waals surface area contributed by atoms with Crippen LogP contribution in [0.3, 0.4) is 0 Å². The number of rotatable bonds is 5. The standard InChI is InChI=1S/C21H18N2O3S/c24-20(23-14-15-8-9-18-19(13-15)26-12-11-25-18)17-7-4-10-22-21(17)27-16-5-2-1-3-6-16/h1-10,13H,11-12,14H2,(H,23,24). The second kappa shape index (κ2) is 8.14. The normalized spacial score (nSPS) is 12.4. The number of pyridine rings is 1. The highest BCUT2D eigenvalue weighted by molar-refractivity contribution is 7.99. The van der Waals surface area contributed by atoms with Crippen LogP contribution in [0.1, 0.15) is 15.9 Å². The first kappa shape index (κ1) is 17.4. The molecule has 136 valence electrons. The highest BCUT2D eigenvalue weighted by Gasteiger charge is 2.15. The van der Waals surface area contributed by atoms with Crippen LogP contribution in [0, 0.1) is 0 Å². The Morgan fingerprint density at radius 3 is 2.67 bits per heavy atom. The minimum absolute atomic E-state index is 0.156. The van der Waals surface area contributed by atoms with Crippen molar-refractivity contribution in [2.45, 2.75) is 16.5 Å². The van der Waals surface area contributed by atoms with Crippen LogP contribution in [0.5, 0.6) is 11.5 Å². The fraction of sp³-hybridized carbons (Fsp3) is 0.143. The maximum absolute atomic E-state index is 12.7. The number of amides is 1. The molecule has 2 aromatic carbocycles. The number of nitrogens with one attached hydrogen (secondary N) is 1. The summed E-state index contributed by atoms with van der Waals surface area (Å²) in [7, 11) is 0. The fourth-order valence-electron chi connectivity index (χ4n) is 2.72. The molecule has 0 bridgehead atoms. The number of fused-ring (bicyclic) bond motifs is 1. The Kier molecular flexibility index (Phi) is 5.25. The lowest BCUT2D eigenvalue weighted by Crippen LogP contribution is -2.24. The molecule has 0 unspecified atom stereocenters. The third-order valence-corrected chi connectivity index (χ3v) is 5.06. The summed E-state index contributed by atoms with van der Waals surface area (Å²) in [5.41, 5.74) is 1.51. The van der Waals surface area contributed by atoms with Crippen LogP contribution in [0.2, 0.25) is 0 Å². The van der Waals surface area contributed by atoms with Crippen molar-refractivity contribution < 1.29 is 14.3 Å². The van der Waals surface area contributed by atoms with Crippen LogP contribution >= 0.6 is 11.8 Å². The van der Waals surface area contributed by atoms with Crippen LogP contribution in [0.15, 0.2) is 76.8 Å². The third kappa shape index (κ3) is 4.23. The zero-order valence-electron chi connectivity index (χ0n) is 14.6. The van der Waals surface area contributed by atoms with Crippen LogP contribution in [0.4, 0.5) is 0 Å². The van der Waals surface area contributed by atoms with Gasteiger partial charge in [0.1, 0.15) is 18.2 Å². The smallest absolute Gasteiger partial charge is 0.254 e. The van der Waals surface area contributed by atoms with Crippen molar-refractivity contribution in [1.29, 1.82) is 0 Å². The van der Waals surface area contributed by atoms with E-state index in [2.05, 4.69) is 10.3 Å². The number of benzene rings is 2. The molecule has 0 saturated heterocycles. The predicted molar refractivity (Wildman–Crippen MR) is 103 cm³/mol. The quantitative estimate of drug-likeness (QED) is 0.729. The second-order valence-electron chi connectivity index (χ2n) is 5.93. The maximum atomic E-state index is 12.7. The zero-order valence-corrected chi connectivity index (χ0v) is 15.4. The molecular weight excluding hydrogens is 360 g/mol. The van der Waals surface area contributed by atoms with Crippen molar-refractivity contribution in [3.05, 3.63) is 78.0 Å². The Hall–Kier alpha value is -2.99.